The molecular formula is C21H21F3N2O5S. The lowest BCUT2D eigenvalue weighted by Gasteiger charge is -2.33. The highest BCUT2D eigenvalue weighted by Crippen LogP contribution is 2.39. The average Bonchev–Trinajstić information content (AvgIpc) is 3.27. The number of amides is 1. The van der Waals surface area contributed by atoms with Gasteiger partial charge >= 0.3 is 0 Å². The van der Waals surface area contributed by atoms with Crippen molar-refractivity contribution in [2.45, 2.75) is 23.8 Å². The Morgan fingerprint density at radius 3 is 2.53 bits per heavy atom. The molecule has 2 aliphatic rings. The molecule has 1 saturated heterocycles. The monoisotopic (exact) mass is 470 g/mol. The van der Waals surface area contributed by atoms with Crippen LogP contribution in [0.1, 0.15) is 23.2 Å². The van der Waals surface area contributed by atoms with Crippen molar-refractivity contribution in [2.24, 2.45) is 0 Å². The van der Waals surface area contributed by atoms with E-state index >= 15 is 4.39 Å². The number of anilines is 2. The van der Waals surface area contributed by atoms with Gasteiger partial charge in [-0.2, -0.15) is 0 Å². The number of sulfone groups is 1. The molecule has 0 aromatic heterocycles. The fourth-order valence-electron chi connectivity index (χ4n) is 3.92. The first-order chi connectivity index (χ1) is 15.2. The van der Waals surface area contributed by atoms with E-state index < -0.39 is 55.1 Å². The number of rotatable bonds is 5. The summed E-state index contributed by atoms with van der Waals surface area (Å²) in [6, 6.07) is 5.92. The third kappa shape index (κ3) is 4.02. The number of hydrogen-bond acceptors (Lipinski definition) is 6. The van der Waals surface area contributed by atoms with Crippen LogP contribution in [0.3, 0.4) is 0 Å². The lowest BCUT2D eigenvalue weighted by atomic mass is 10.1. The van der Waals surface area contributed by atoms with Gasteiger partial charge in [-0.15, -0.1) is 0 Å². The molecule has 0 radical (unpaired) electrons. The number of carbonyl (C=O) groups excluding carboxylic acids is 1. The van der Waals surface area contributed by atoms with Crippen LogP contribution in [-0.4, -0.2) is 53.0 Å². The average molecular weight is 470 g/mol. The second-order valence-corrected chi connectivity index (χ2v) is 9.62. The zero-order valence-corrected chi connectivity index (χ0v) is 18.0. The van der Waals surface area contributed by atoms with Crippen LogP contribution in [0.2, 0.25) is 0 Å². The Labute approximate surface area is 183 Å². The van der Waals surface area contributed by atoms with Crippen molar-refractivity contribution in [1.82, 2.24) is 0 Å². The molecule has 2 aromatic rings. The first-order valence-corrected chi connectivity index (χ1v) is 11.6. The fraction of sp³-hybridized carbons (Fsp3) is 0.381. The van der Waals surface area contributed by atoms with Gasteiger partial charge in [-0.05, 0) is 37.1 Å². The van der Waals surface area contributed by atoms with Crippen molar-refractivity contribution in [3.05, 3.63) is 47.3 Å². The number of methoxy groups -OCH3 is 1. The largest absolute Gasteiger partial charge is 0.497 e. The quantitative estimate of drug-likeness (QED) is 0.676. The topological polar surface area (TPSA) is 84.9 Å². The molecule has 32 heavy (non-hydrogen) atoms. The second-order valence-electron chi connectivity index (χ2n) is 7.58. The van der Waals surface area contributed by atoms with E-state index in [0.29, 0.717) is 18.8 Å². The summed E-state index contributed by atoms with van der Waals surface area (Å²) in [4.78, 5) is 12.9. The highest BCUT2D eigenvalue weighted by molar-refractivity contribution is 7.91. The highest BCUT2D eigenvalue weighted by Gasteiger charge is 2.40. The molecule has 0 spiro atoms. The summed E-state index contributed by atoms with van der Waals surface area (Å²) in [7, 11) is -2.83. The fourth-order valence-corrected chi connectivity index (χ4v) is 5.46. The Morgan fingerprint density at radius 2 is 1.91 bits per heavy atom. The molecule has 11 heteroatoms. The third-order valence-corrected chi connectivity index (χ3v) is 7.25. The van der Waals surface area contributed by atoms with Gasteiger partial charge in [-0.3, -0.25) is 4.79 Å². The molecule has 1 N–H and O–H groups in total. The van der Waals surface area contributed by atoms with Crippen molar-refractivity contribution in [3.8, 4) is 5.75 Å². The molecule has 2 aliphatic heterocycles. The highest BCUT2D eigenvalue weighted by atomic mass is 32.2. The van der Waals surface area contributed by atoms with Crippen LogP contribution in [0.25, 0.3) is 0 Å². The summed E-state index contributed by atoms with van der Waals surface area (Å²) in [5.41, 5.74) is -1.63. The molecular weight excluding hydrogens is 449 g/mol. The zero-order chi connectivity index (χ0) is 23.0. The minimum atomic E-state index is -4.28. The maximum atomic E-state index is 15.5. The van der Waals surface area contributed by atoms with E-state index in [1.54, 1.807) is 0 Å². The minimum absolute atomic E-state index is 0.101. The summed E-state index contributed by atoms with van der Waals surface area (Å²) in [5, 5.41) is 2.30. The maximum Gasteiger partial charge on any atom is 0.261 e. The predicted octanol–water partition coefficient (Wildman–Crippen LogP) is 3.14. The zero-order valence-electron chi connectivity index (χ0n) is 17.2. The van der Waals surface area contributed by atoms with Crippen LogP contribution in [0.15, 0.2) is 29.2 Å². The van der Waals surface area contributed by atoms with E-state index in [0.717, 1.165) is 6.42 Å². The van der Waals surface area contributed by atoms with Crippen molar-refractivity contribution >= 4 is 27.1 Å². The molecule has 1 atom stereocenters. The van der Waals surface area contributed by atoms with Crippen LogP contribution in [0.5, 0.6) is 5.75 Å². The van der Waals surface area contributed by atoms with Crippen LogP contribution in [-0.2, 0) is 14.6 Å². The number of fused-ring (bicyclic) bond motifs is 1. The molecule has 0 unspecified atom stereocenters. The van der Waals surface area contributed by atoms with E-state index in [-0.39, 0.29) is 24.9 Å². The van der Waals surface area contributed by atoms with Crippen LogP contribution >= 0.6 is 0 Å². The van der Waals surface area contributed by atoms with Gasteiger partial charge in [0.2, 0.25) is 0 Å². The molecule has 4 rings (SSSR count). The Hall–Kier alpha value is -2.79. The minimum Gasteiger partial charge on any atom is -0.497 e. The van der Waals surface area contributed by atoms with E-state index in [9.17, 15) is 22.0 Å². The van der Waals surface area contributed by atoms with E-state index in [1.165, 1.54) is 36.3 Å². The summed E-state index contributed by atoms with van der Waals surface area (Å²) in [6.07, 6.45) is 1.17. The molecule has 1 fully saturated rings. The third-order valence-electron chi connectivity index (χ3n) is 5.53. The van der Waals surface area contributed by atoms with E-state index in [1.807, 2.05) is 0 Å². The van der Waals surface area contributed by atoms with Crippen molar-refractivity contribution in [2.75, 3.05) is 42.8 Å². The van der Waals surface area contributed by atoms with Gasteiger partial charge < -0.3 is 19.7 Å². The first-order valence-electron chi connectivity index (χ1n) is 9.98. The van der Waals surface area contributed by atoms with Crippen molar-refractivity contribution < 1.29 is 35.9 Å². The molecule has 0 bridgehead atoms. The molecule has 2 aromatic carbocycles. The normalized spacial score (nSPS) is 19.5. The summed E-state index contributed by atoms with van der Waals surface area (Å²) in [6.45, 7) is 0.486. The maximum absolute atomic E-state index is 15.5. The Bertz CT molecular complexity index is 1150. The number of nitrogens with zero attached hydrogens (tertiary/aromatic N) is 1. The van der Waals surface area contributed by atoms with Crippen LogP contribution in [0, 0.1) is 17.5 Å². The van der Waals surface area contributed by atoms with Gasteiger partial charge in [0.05, 0.1) is 24.7 Å². The van der Waals surface area contributed by atoms with Crippen molar-refractivity contribution in [1.29, 1.82) is 0 Å². The van der Waals surface area contributed by atoms with Crippen LogP contribution < -0.4 is 15.0 Å². The number of nitrogens with one attached hydrogen (secondary N) is 1. The molecule has 2 heterocycles. The van der Waals surface area contributed by atoms with Crippen LogP contribution in [0.4, 0.5) is 24.5 Å². The lowest BCUT2D eigenvalue weighted by molar-refractivity contribution is 0.101. The number of ether oxygens (including phenoxy) is 2. The summed E-state index contributed by atoms with van der Waals surface area (Å²) < 4.78 is 80.7. The molecule has 172 valence electrons. The predicted molar refractivity (Wildman–Crippen MR) is 111 cm³/mol. The summed E-state index contributed by atoms with van der Waals surface area (Å²) in [5.74, 6) is -6.29. The Kier molecular flexibility index (Phi) is 6.04. The number of carbonyl (C=O) groups is 1. The molecule has 1 amide bonds. The summed E-state index contributed by atoms with van der Waals surface area (Å²) >= 11 is 0. The lowest BCUT2D eigenvalue weighted by Crippen LogP contribution is -2.42. The molecule has 0 aliphatic carbocycles. The van der Waals surface area contributed by atoms with Gasteiger partial charge in [0, 0.05) is 25.4 Å². The number of benzene rings is 2. The van der Waals surface area contributed by atoms with Gasteiger partial charge in [0.1, 0.15) is 16.2 Å². The van der Waals surface area contributed by atoms with Gasteiger partial charge in [0.15, 0.2) is 27.3 Å². The Morgan fingerprint density at radius 1 is 1.19 bits per heavy atom. The van der Waals surface area contributed by atoms with E-state index in [2.05, 4.69) is 5.32 Å². The first kappa shape index (κ1) is 22.4. The number of hydrogen-bond donors (Lipinski definition) is 1. The van der Waals surface area contributed by atoms with Gasteiger partial charge in [-0.1, -0.05) is 0 Å². The molecule has 0 saturated carbocycles. The molecule has 7 nitrogen and oxygen atoms in total. The van der Waals surface area contributed by atoms with Gasteiger partial charge in [0.25, 0.3) is 5.91 Å². The van der Waals surface area contributed by atoms with Gasteiger partial charge in [-0.25, -0.2) is 21.6 Å². The smallest absolute Gasteiger partial charge is 0.261 e. The van der Waals surface area contributed by atoms with E-state index in [4.69, 9.17) is 9.47 Å². The standard InChI is InChI=1S/C21H21F3N2O5S/c1-30-13-6-4-12(5-7-13)25-21(27)15-16(22)18(24)20-19(17(15)23)26(8-10-32(20,28)29)11-14-3-2-9-31-14/h4-7,14H,2-3,8-11H2,1H3,(H,25,27)/t14-/m1/s1. The van der Waals surface area contributed by atoms with Crippen molar-refractivity contribution in [3.63, 3.8) is 0 Å². The SMILES string of the molecule is COc1ccc(NC(=O)c2c(F)c(F)c3c(c2F)N(C[C@H]2CCCO2)CCS3(=O)=O)cc1. The number of halogens is 3. The second kappa shape index (κ2) is 8.62. The Balaban J connectivity index is 1.76.